The molecular weight excluding hydrogens is 391 g/mol. The first-order valence-corrected chi connectivity index (χ1v) is 10.8. The Morgan fingerprint density at radius 1 is 1.29 bits per heavy atom. The van der Waals surface area contributed by atoms with Gasteiger partial charge in [0.05, 0.1) is 11.3 Å². The van der Waals surface area contributed by atoms with E-state index in [1.54, 1.807) is 10.6 Å². The lowest BCUT2D eigenvalue weighted by atomic mass is 9.81. The fraction of sp³-hybridized carbons (Fsp3) is 0.667. The van der Waals surface area contributed by atoms with E-state index in [9.17, 15) is 17.7 Å². The van der Waals surface area contributed by atoms with Crippen LogP contribution in [0.1, 0.15) is 12.8 Å². The molecule has 2 aromatic rings. The number of rotatable bonds is 5. The average molecular weight is 413 g/mol. The molecule has 0 bridgehead atoms. The fourth-order valence-corrected chi connectivity index (χ4v) is 6.48. The van der Waals surface area contributed by atoms with Gasteiger partial charge in [-0.25, -0.2) is 9.97 Å². The molecule has 3 aliphatic rings. The highest BCUT2D eigenvalue weighted by molar-refractivity contribution is 7.89. The first-order valence-electron chi connectivity index (χ1n) is 9.54. The molecule has 2 saturated carbocycles. The van der Waals surface area contributed by atoms with Gasteiger partial charge in [0.25, 0.3) is 0 Å². The molecule has 3 unspecified atom stereocenters. The highest BCUT2D eigenvalue weighted by Gasteiger charge is 2.68. The van der Waals surface area contributed by atoms with Crippen molar-refractivity contribution in [2.75, 3.05) is 30.8 Å². The van der Waals surface area contributed by atoms with Gasteiger partial charge in [0.1, 0.15) is 23.5 Å². The Kier molecular flexibility index (Phi) is 4.29. The average Bonchev–Trinajstić information content (AvgIpc) is 2.98. The molecule has 2 aromatic heterocycles. The molecule has 1 saturated heterocycles. The van der Waals surface area contributed by atoms with E-state index in [1.807, 2.05) is 19.3 Å². The number of anilines is 1. The number of hydrogen-bond acceptors (Lipinski definition) is 5. The topological polar surface area (TPSA) is 71.1 Å². The summed E-state index contributed by atoms with van der Waals surface area (Å²) < 4.78 is 52.7. The molecule has 152 valence electrons. The smallest absolute Gasteiger partial charge is 0.392 e. The molecule has 1 N–H and O–H groups in total. The number of nitrogens with zero attached hydrogens (tertiary/aromatic N) is 4. The number of aromatic nitrogens is 3. The second-order valence-corrected chi connectivity index (χ2v) is 9.76. The van der Waals surface area contributed by atoms with Crippen molar-refractivity contribution in [2.45, 2.75) is 25.1 Å². The van der Waals surface area contributed by atoms with E-state index in [0.717, 1.165) is 29.7 Å². The minimum absolute atomic E-state index is 0.323. The summed E-state index contributed by atoms with van der Waals surface area (Å²) in [7, 11) is 2.01. The predicted octanol–water partition coefficient (Wildman–Crippen LogP) is 2.58. The number of aromatic amines is 1. The van der Waals surface area contributed by atoms with Crippen molar-refractivity contribution >= 4 is 28.2 Å². The Balaban J connectivity index is 1.12. The minimum atomic E-state index is -4.10. The number of halogens is 3. The summed E-state index contributed by atoms with van der Waals surface area (Å²) in [5.41, 5.74) is 0.804. The zero-order valence-electron chi connectivity index (χ0n) is 15.4. The Hall–Kier alpha value is -1.52. The van der Waals surface area contributed by atoms with Crippen molar-refractivity contribution in [2.24, 2.45) is 23.7 Å². The SMILES string of the molecule is CN(c1ncnc2[nH]ccc12)[C@H]1C[C@@H](C[S+]([O-])N2CC3C(C2)C3C(F)(F)F)C1. The predicted molar refractivity (Wildman–Crippen MR) is 99.9 cm³/mol. The molecule has 28 heavy (non-hydrogen) atoms. The zero-order valence-corrected chi connectivity index (χ0v) is 16.2. The number of hydrogen-bond donors (Lipinski definition) is 1. The van der Waals surface area contributed by atoms with E-state index >= 15 is 0 Å². The van der Waals surface area contributed by atoms with Gasteiger partial charge < -0.3 is 14.4 Å². The molecule has 3 atom stereocenters. The van der Waals surface area contributed by atoms with Gasteiger partial charge in [-0.1, -0.05) is 0 Å². The van der Waals surface area contributed by atoms with Crippen LogP contribution in [0.25, 0.3) is 11.0 Å². The maximum absolute atomic E-state index is 12.8. The monoisotopic (exact) mass is 413 g/mol. The van der Waals surface area contributed by atoms with Crippen LogP contribution >= 0.6 is 0 Å². The Morgan fingerprint density at radius 2 is 2.00 bits per heavy atom. The molecule has 0 spiro atoms. The maximum Gasteiger partial charge on any atom is 0.392 e. The molecule has 3 heterocycles. The summed E-state index contributed by atoms with van der Waals surface area (Å²) >= 11 is -1.18. The third-order valence-electron chi connectivity index (χ3n) is 6.63. The zero-order chi connectivity index (χ0) is 19.6. The quantitative estimate of drug-likeness (QED) is 0.763. The van der Waals surface area contributed by atoms with Gasteiger partial charge in [-0.05, 0) is 30.7 Å². The third-order valence-corrected chi connectivity index (χ3v) is 8.26. The molecular formula is C18H22F3N5OS. The maximum atomic E-state index is 12.8. The Labute approximate surface area is 163 Å². The number of nitrogens with one attached hydrogen (secondary N) is 1. The van der Waals surface area contributed by atoms with Gasteiger partial charge in [-0.3, -0.25) is 0 Å². The Morgan fingerprint density at radius 3 is 2.68 bits per heavy atom. The highest BCUT2D eigenvalue weighted by Crippen LogP contribution is 2.59. The number of H-pyrrole nitrogens is 1. The molecule has 6 nitrogen and oxygen atoms in total. The number of fused-ring (bicyclic) bond motifs is 2. The van der Waals surface area contributed by atoms with Crippen LogP contribution in [-0.2, 0) is 11.4 Å². The largest absolute Gasteiger partial charge is 0.598 e. The molecule has 0 aromatic carbocycles. The standard InChI is InChI=1S/C18H22F3N5OS/c1-25(17-12-2-3-22-16(12)23-9-24-17)11-4-10(5-11)8-28(27)26-6-13-14(7-26)15(13)18(19,20)21/h2-3,9-11,13-15H,4-8H2,1H3,(H,22,23,24)/t10-,11+,13?,14?,15?,28?. The van der Waals surface area contributed by atoms with E-state index in [2.05, 4.69) is 19.9 Å². The summed E-state index contributed by atoms with van der Waals surface area (Å²) in [5.74, 6) is -0.0815. The van der Waals surface area contributed by atoms with Crippen molar-refractivity contribution in [1.82, 2.24) is 19.3 Å². The second kappa shape index (κ2) is 6.50. The lowest BCUT2D eigenvalue weighted by Crippen LogP contribution is -2.47. The van der Waals surface area contributed by atoms with Crippen molar-refractivity contribution < 1.29 is 17.7 Å². The molecule has 10 heteroatoms. The van der Waals surface area contributed by atoms with Crippen molar-refractivity contribution in [3.63, 3.8) is 0 Å². The van der Waals surface area contributed by atoms with Gasteiger partial charge in [0, 0.05) is 49.7 Å². The Bertz CT molecular complexity index is 858. The summed E-state index contributed by atoms with van der Waals surface area (Å²) in [4.78, 5) is 13.8. The van der Waals surface area contributed by atoms with E-state index < -0.39 is 23.5 Å². The van der Waals surface area contributed by atoms with Crippen molar-refractivity contribution in [3.05, 3.63) is 18.6 Å². The van der Waals surface area contributed by atoms with E-state index in [-0.39, 0.29) is 11.8 Å². The first kappa shape index (κ1) is 18.5. The fourth-order valence-electron chi connectivity index (χ4n) is 4.91. The molecule has 0 radical (unpaired) electrons. The normalized spacial score (nSPS) is 33.5. The van der Waals surface area contributed by atoms with Crippen LogP contribution in [0.2, 0.25) is 0 Å². The van der Waals surface area contributed by atoms with Gasteiger partial charge >= 0.3 is 6.18 Å². The first-order chi connectivity index (χ1) is 13.3. The van der Waals surface area contributed by atoms with Gasteiger partial charge in [0.15, 0.2) is 0 Å². The summed E-state index contributed by atoms with van der Waals surface area (Å²) in [6, 6.07) is 2.29. The minimum Gasteiger partial charge on any atom is -0.598 e. The molecule has 5 rings (SSSR count). The van der Waals surface area contributed by atoms with Crippen molar-refractivity contribution in [1.29, 1.82) is 0 Å². The van der Waals surface area contributed by atoms with Crippen LogP contribution in [0.4, 0.5) is 19.0 Å². The number of piperidine rings is 1. The van der Waals surface area contributed by atoms with Crippen LogP contribution in [0.3, 0.4) is 0 Å². The lowest BCUT2D eigenvalue weighted by Gasteiger charge is -2.42. The van der Waals surface area contributed by atoms with Crippen LogP contribution in [0.5, 0.6) is 0 Å². The van der Waals surface area contributed by atoms with Gasteiger partial charge in [0.2, 0.25) is 0 Å². The van der Waals surface area contributed by atoms with Crippen LogP contribution in [-0.4, -0.2) is 61.9 Å². The molecule has 2 aliphatic carbocycles. The molecule has 3 fully saturated rings. The highest BCUT2D eigenvalue weighted by atomic mass is 32.2. The van der Waals surface area contributed by atoms with Crippen LogP contribution in [0, 0.1) is 23.7 Å². The van der Waals surface area contributed by atoms with Crippen molar-refractivity contribution in [3.8, 4) is 0 Å². The van der Waals surface area contributed by atoms with Crippen LogP contribution < -0.4 is 4.90 Å². The molecule has 0 amide bonds. The van der Waals surface area contributed by atoms with E-state index in [1.165, 1.54) is 0 Å². The van der Waals surface area contributed by atoms with E-state index in [0.29, 0.717) is 30.8 Å². The molecule has 1 aliphatic heterocycles. The summed E-state index contributed by atoms with van der Waals surface area (Å²) in [6.07, 6.45) is 1.13. The van der Waals surface area contributed by atoms with Gasteiger partial charge in [-0.15, -0.1) is 4.31 Å². The summed E-state index contributed by atoms with van der Waals surface area (Å²) in [6.45, 7) is 0.647. The number of alkyl halides is 3. The lowest BCUT2D eigenvalue weighted by molar-refractivity contribution is -0.156. The second-order valence-electron chi connectivity index (χ2n) is 8.27. The van der Waals surface area contributed by atoms with Crippen LogP contribution in [0.15, 0.2) is 18.6 Å². The third kappa shape index (κ3) is 3.05. The summed E-state index contributed by atoms with van der Waals surface area (Å²) in [5, 5.41) is 0.979. The van der Waals surface area contributed by atoms with Gasteiger partial charge in [-0.2, -0.15) is 13.2 Å². The van der Waals surface area contributed by atoms with E-state index in [4.69, 9.17) is 0 Å².